The first-order chi connectivity index (χ1) is 10.3. The predicted octanol–water partition coefficient (Wildman–Crippen LogP) is 4.08. The number of amides is 1. The van der Waals surface area contributed by atoms with E-state index < -0.39 is 0 Å². The number of furan rings is 1. The van der Waals surface area contributed by atoms with Crippen LogP contribution in [0.1, 0.15) is 24.4 Å². The fraction of sp³-hybridized carbons (Fsp3) is 0.353. The third-order valence-corrected chi connectivity index (χ3v) is 3.85. The van der Waals surface area contributed by atoms with Gasteiger partial charge in [0.1, 0.15) is 5.76 Å². The average molecular weight is 357 g/mol. The van der Waals surface area contributed by atoms with E-state index in [-0.39, 0.29) is 23.7 Å². The van der Waals surface area contributed by atoms with Gasteiger partial charge in [0, 0.05) is 19.2 Å². The van der Waals surface area contributed by atoms with E-state index in [9.17, 15) is 4.79 Å². The van der Waals surface area contributed by atoms with Gasteiger partial charge in [0.05, 0.1) is 5.02 Å². The van der Waals surface area contributed by atoms with E-state index in [2.05, 4.69) is 0 Å². The maximum atomic E-state index is 12.4. The average Bonchev–Trinajstić information content (AvgIpc) is 2.96. The summed E-state index contributed by atoms with van der Waals surface area (Å²) in [5.74, 6) is 0.713. The number of rotatable bonds is 5. The Morgan fingerprint density at radius 3 is 2.52 bits per heavy atom. The molecule has 2 aromatic rings. The highest BCUT2D eigenvalue weighted by atomic mass is 35.5. The SMILES string of the molecule is CN(CC(C)(C)CN)C(=O)c1ccc(-c2ccccc2Cl)o1.Cl. The standard InChI is InChI=1S/C17H21ClN2O2.ClH/c1-17(2,10-19)11-20(3)16(21)15-9-8-14(22-15)12-6-4-5-7-13(12)18;/h4-9H,10-11,19H2,1-3H3;1H. The van der Waals surface area contributed by atoms with Gasteiger partial charge in [-0.05, 0) is 36.2 Å². The van der Waals surface area contributed by atoms with Gasteiger partial charge >= 0.3 is 0 Å². The molecule has 0 spiro atoms. The van der Waals surface area contributed by atoms with E-state index in [0.717, 1.165) is 5.56 Å². The summed E-state index contributed by atoms with van der Waals surface area (Å²) < 4.78 is 5.67. The molecule has 4 nitrogen and oxygen atoms in total. The predicted molar refractivity (Wildman–Crippen MR) is 96.2 cm³/mol. The van der Waals surface area contributed by atoms with Crippen LogP contribution in [0.5, 0.6) is 0 Å². The first-order valence-electron chi connectivity index (χ1n) is 7.14. The maximum Gasteiger partial charge on any atom is 0.289 e. The van der Waals surface area contributed by atoms with Crippen molar-refractivity contribution in [1.29, 1.82) is 0 Å². The Balaban J connectivity index is 0.00000264. The molecule has 0 atom stereocenters. The Labute approximate surface area is 148 Å². The van der Waals surface area contributed by atoms with Gasteiger partial charge < -0.3 is 15.1 Å². The molecule has 0 bridgehead atoms. The highest BCUT2D eigenvalue weighted by molar-refractivity contribution is 6.33. The molecule has 1 heterocycles. The van der Waals surface area contributed by atoms with Crippen molar-refractivity contribution in [3.05, 3.63) is 47.2 Å². The summed E-state index contributed by atoms with van der Waals surface area (Å²) >= 11 is 6.15. The number of benzene rings is 1. The molecule has 6 heteroatoms. The summed E-state index contributed by atoms with van der Waals surface area (Å²) in [7, 11) is 1.75. The zero-order valence-electron chi connectivity index (χ0n) is 13.5. The van der Waals surface area contributed by atoms with Gasteiger partial charge in [0.2, 0.25) is 0 Å². The summed E-state index contributed by atoms with van der Waals surface area (Å²) in [6.45, 7) is 5.11. The molecule has 23 heavy (non-hydrogen) atoms. The first-order valence-corrected chi connectivity index (χ1v) is 7.52. The molecule has 0 fully saturated rings. The van der Waals surface area contributed by atoms with E-state index >= 15 is 0 Å². The monoisotopic (exact) mass is 356 g/mol. The van der Waals surface area contributed by atoms with E-state index in [1.807, 2.05) is 32.0 Å². The minimum absolute atomic E-state index is 0. The molecule has 0 radical (unpaired) electrons. The molecule has 1 aromatic carbocycles. The molecule has 0 aliphatic carbocycles. The zero-order valence-corrected chi connectivity index (χ0v) is 15.1. The summed E-state index contributed by atoms with van der Waals surface area (Å²) in [4.78, 5) is 14.1. The molecule has 2 N–H and O–H groups in total. The van der Waals surface area contributed by atoms with Gasteiger partial charge in [0.15, 0.2) is 5.76 Å². The molecule has 126 valence electrons. The van der Waals surface area contributed by atoms with Crippen LogP contribution in [-0.4, -0.2) is 30.9 Å². The van der Waals surface area contributed by atoms with E-state index in [0.29, 0.717) is 29.6 Å². The maximum absolute atomic E-state index is 12.4. The number of nitrogens with two attached hydrogens (primary N) is 1. The molecular weight excluding hydrogens is 335 g/mol. The van der Waals surface area contributed by atoms with Crippen molar-refractivity contribution in [3.8, 4) is 11.3 Å². The molecule has 0 aliphatic rings. The molecule has 0 aliphatic heterocycles. The summed E-state index contributed by atoms with van der Waals surface area (Å²) in [5, 5.41) is 0.591. The quantitative estimate of drug-likeness (QED) is 0.877. The number of carbonyl (C=O) groups excluding carboxylic acids is 1. The minimum Gasteiger partial charge on any atom is -0.451 e. The van der Waals surface area contributed by atoms with Crippen molar-refractivity contribution in [3.63, 3.8) is 0 Å². The second-order valence-electron chi connectivity index (χ2n) is 6.17. The highest BCUT2D eigenvalue weighted by Gasteiger charge is 2.24. The van der Waals surface area contributed by atoms with Gasteiger partial charge in [-0.25, -0.2) is 0 Å². The van der Waals surface area contributed by atoms with E-state index in [1.54, 1.807) is 30.1 Å². The van der Waals surface area contributed by atoms with Crippen LogP contribution in [0.4, 0.5) is 0 Å². The number of hydrogen-bond acceptors (Lipinski definition) is 3. The topological polar surface area (TPSA) is 59.5 Å². The lowest BCUT2D eigenvalue weighted by molar-refractivity contribution is 0.0710. The molecule has 0 unspecified atom stereocenters. The highest BCUT2D eigenvalue weighted by Crippen LogP contribution is 2.29. The molecular formula is C17H22Cl2N2O2. The van der Waals surface area contributed by atoms with Gasteiger partial charge in [0.25, 0.3) is 5.91 Å². The largest absolute Gasteiger partial charge is 0.451 e. The zero-order chi connectivity index (χ0) is 16.3. The van der Waals surface area contributed by atoms with Gasteiger partial charge in [-0.1, -0.05) is 37.6 Å². The smallest absolute Gasteiger partial charge is 0.289 e. The Morgan fingerprint density at radius 2 is 1.91 bits per heavy atom. The molecule has 2 rings (SSSR count). The Bertz CT molecular complexity index is 668. The third kappa shape index (κ3) is 4.74. The molecule has 1 amide bonds. The first kappa shape index (κ1) is 19.6. The lowest BCUT2D eigenvalue weighted by Crippen LogP contribution is -2.39. The fourth-order valence-corrected chi connectivity index (χ4v) is 2.45. The minimum atomic E-state index is -0.167. The van der Waals surface area contributed by atoms with Crippen molar-refractivity contribution < 1.29 is 9.21 Å². The van der Waals surface area contributed by atoms with Crippen LogP contribution >= 0.6 is 24.0 Å². The molecule has 0 saturated heterocycles. The van der Waals surface area contributed by atoms with Crippen molar-refractivity contribution in [2.24, 2.45) is 11.1 Å². The number of halogens is 2. The fourth-order valence-electron chi connectivity index (χ4n) is 2.23. The van der Waals surface area contributed by atoms with Crippen LogP contribution < -0.4 is 5.73 Å². The number of carbonyl (C=O) groups is 1. The number of hydrogen-bond donors (Lipinski definition) is 1. The summed E-state index contributed by atoms with van der Waals surface area (Å²) in [5.41, 5.74) is 6.35. The van der Waals surface area contributed by atoms with Crippen LogP contribution in [-0.2, 0) is 0 Å². The van der Waals surface area contributed by atoms with Crippen molar-refractivity contribution in [2.45, 2.75) is 13.8 Å². The molecule has 1 aromatic heterocycles. The summed E-state index contributed by atoms with van der Waals surface area (Å²) in [6, 6.07) is 10.8. The van der Waals surface area contributed by atoms with Crippen LogP contribution in [0.15, 0.2) is 40.8 Å². The van der Waals surface area contributed by atoms with Gasteiger partial charge in [-0.2, -0.15) is 0 Å². The molecule has 0 saturated carbocycles. The normalized spacial score (nSPS) is 11.0. The number of nitrogens with zero attached hydrogens (tertiary/aromatic N) is 1. The van der Waals surface area contributed by atoms with Crippen molar-refractivity contribution in [2.75, 3.05) is 20.1 Å². The van der Waals surface area contributed by atoms with Crippen molar-refractivity contribution in [1.82, 2.24) is 4.90 Å². The Kier molecular flexibility index (Phi) is 6.69. The van der Waals surface area contributed by atoms with Crippen LogP contribution in [0, 0.1) is 5.41 Å². The van der Waals surface area contributed by atoms with E-state index in [4.69, 9.17) is 21.8 Å². The lowest BCUT2D eigenvalue weighted by Gasteiger charge is -2.28. The van der Waals surface area contributed by atoms with E-state index in [1.165, 1.54) is 0 Å². The third-order valence-electron chi connectivity index (χ3n) is 3.52. The van der Waals surface area contributed by atoms with Crippen LogP contribution in [0.25, 0.3) is 11.3 Å². The Morgan fingerprint density at radius 1 is 1.26 bits per heavy atom. The second kappa shape index (κ2) is 7.86. The second-order valence-corrected chi connectivity index (χ2v) is 6.58. The van der Waals surface area contributed by atoms with Gasteiger partial charge in [-0.15, -0.1) is 12.4 Å². The summed E-state index contributed by atoms with van der Waals surface area (Å²) in [6.07, 6.45) is 0. The van der Waals surface area contributed by atoms with Crippen molar-refractivity contribution >= 4 is 29.9 Å². The van der Waals surface area contributed by atoms with Crippen LogP contribution in [0.3, 0.4) is 0 Å². The van der Waals surface area contributed by atoms with Gasteiger partial charge in [-0.3, -0.25) is 4.79 Å². The lowest BCUT2D eigenvalue weighted by atomic mass is 9.93. The Hall–Kier alpha value is -1.49. The van der Waals surface area contributed by atoms with Crippen LogP contribution in [0.2, 0.25) is 5.02 Å².